The summed E-state index contributed by atoms with van der Waals surface area (Å²) in [5.74, 6) is 0.176. The molecule has 2 saturated heterocycles. The molecule has 1 aliphatic carbocycles. The Balaban J connectivity index is 1.51. The summed E-state index contributed by atoms with van der Waals surface area (Å²) < 4.78 is 0. The Morgan fingerprint density at radius 3 is 2.48 bits per heavy atom. The average molecular weight is 341 g/mol. The highest BCUT2D eigenvalue weighted by Gasteiger charge is 2.40. The zero-order valence-electron chi connectivity index (χ0n) is 14.9. The molecule has 2 amide bonds. The van der Waals surface area contributed by atoms with E-state index in [0.29, 0.717) is 13.1 Å². The van der Waals surface area contributed by atoms with Crippen molar-refractivity contribution in [1.82, 2.24) is 15.1 Å². The van der Waals surface area contributed by atoms with Gasteiger partial charge in [-0.2, -0.15) is 0 Å². The molecule has 4 rings (SSSR count). The van der Waals surface area contributed by atoms with Gasteiger partial charge in [0, 0.05) is 25.0 Å². The van der Waals surface area contributed by atoms with Gasteiger partial charge in [0.25, 0.3) is 0 Å². The van der Waals surface area contributed by atoms with Crippen LogP contribution in [0, 0.1) is 12.8 Å². The quantitative estimate of drug-likeness (QED) is 0.913. The number of piperazine rings is 1. The van der Waals surface area contributed by atoms with Gasteiger partial charge in [-0.15, -0.1) is 0 Å². The highest BCUT2D eigenvalue weighted by Crippen LogP contribution is 2.33. The number of nitrogens with one attached hydrogen (secondary N) is 1. The van der Waals surface area contributed by atoms with Gasteiger partial charge in [-0.1, -0.05) is 24.3 Å². The first-order valence-corrected chi connectivity index (χ1v) is 9.53. The van der Waals surface area contributed by atoms with Gasteiger partial charge in [0.15, 0.2) is 0 Å². The van der Waals surface area contributed by atoms with Crippen LogP contribution in [0.1, 0.15) is 42.9 Å². The van der Waals surface area contributed by atoms with Gasteiger partial charge in [0.05, 0.1) is 0 Å². The Kier molecular flexibility index (Phi) is 4.50. The Labute approximate surface area is 149 Å². The van der Waals surface area contributed by atoms with Crippen molar-refractivity contribution in [2.24, 2.45) is 5.92 Å². The second-order valence-corrected chi connectivity index (χ2v) is 7.62. The summed E-state index contributed by atoms with van der Waals surface area (Å²) in [6, 6.07) is 8.19. The van der Waals surface area contributed by atoms with Gasteiger partial charge in [-0.25, -0.2) is 0 Å². The standard InChI is InChI=1S/C20H27N3O2/c1-14-4-2-3-5-17(14)18-19(24)21-10-13-23(18)20(25)15-8-11-22(12-9-15)16-6-7-16/h2-5,15-16,18H,6-13H2,1H3,(H,21,24). The maximum absolute atomic E-state index is 13.2. The van der Waals surface area contributed by atoms with Gasteiger partial charge in [-0.05, 0) is 56.8 Å². The van der Waals surface area contributed by atoms with Gasteiger partial charge in [0.2, 0.25) is 11.8 Å². The smallest absolute Gasteiger partial charge is 0.247 e. The van der Waals surface area contributed by atoms with Crippen molar-refractivity contribution in [3.63, 3.8) is 0 Å². The lowest BCUT2D eigenvalue weighted by Crippen LogP contribution is -2.54. The minimum atomic E-state index is -0.482. The molecule has 0 aromatic heterocycles. The fraction of sp³-hybridized carbons (Fsp3) is 0.600. The lowest BCUT2D eigenvalue weighted by molar-refractivity contribution is -0.147. The van der Waals surface area contributed by atoms with E-state index < -0.39 is 6.04 Å². The number of hydrogen-bond donors (Lipinski definition) is 1. The average Bonchev–Trinajstić information content (AvgIpc) is 3.47. The van der Waals surface area contributed by atoms with Crippen LogP contribution in [0.3, 0.4) is 0 Å². The molecule has 0 spiro atoms. The first-order chi connectivity index (χ1) is 12.1. The lowest BCUT2D eigenvalue weighted by atomic mass is 9.92. The predicted octanol–water partition coefficient (Wildman–Crippen LogP) is 1.87. The number of amides is 2. The summed E-state index contributed by atoms with van der Waals surface area (Å²) >= 11 is 0. The maximum atomic E-state index is 13.2. The number of carbonyl (C=O) groups is 2. The summed E-state index contributed by atoms with van der Waals surface area (Å²) in [4.78, 5) is 30.2. The minimum absolute atomic E-state index is 0.0516. The molecule has 5 nitrogen and oxygen atoms in total. The lowest BCUT2D eigenvalue weighted by Gasteiger charge is -2.40. The molecule has 134 valence electrons. The van der Waals surface area contributed by atoms with E-state index in [1.54, 1.807) is 0 Å². The van der Waals surface area contributed by atoms with Crippen molar-refractivity contribution < 1.29 is 9.59 Å². The monoisotopic (exact) mass is 341 g/mol. The Morgan fingerprint density at radius 2 is 1.80 bits per heavy atom. The molecule has 3 aliphatic rings. The van der Waals surface area contributed by atoms with Crippen molar-refractivity contribution >= 4 is 11.8 Å². The van der Waals surface area contributed by atoms with Crippen molar-refractivity contribution in [2.45, 2.75) is 44.7 Å². The van der Waals surface area contributed by atoms with Crippen molar-refractivity contribution in [2.75, 3.05) is 26.2 Å². The molecule has 1 unspecified atom stereocenters. The van der Waals surface area contributed by atoms with E-state index in [-0.39, 0.29) is 17.7 Å². The van der Waals surface area contributed by atoms with Crippen molar-refractivity contribution in [1.29, 1.82) is 0 Å². The minimum Gasteiger partial charge on any atom is -0.352 e. The molecule has 3 fully saturated rings. The summed E-state index contributed by atoms with van der Waals surface area (Å²) in [5, 5.41) is 2.93. The van der Waals surface area contributed by atoms with Gasteiger partial charge in [-0.3, -0.25) is 9.59 Å². The third-order valence-corrected chi connectivity index (χ3v) is 5.92. The van der Waals surface area contributed by atoms with E-state index in [1.807, 2.05) is 36.1 Å². The number of aryl methyl sites for hydroxylation is 1. The van der Waals surface area contributed by atoms with Gasteiger partial charge in [0.1, 0.15) is 6.04 Å². The van der Waals surface area contributed by atoms with Crippen LogP contribution < -0.4 is 5.32 Å². The van der Waals surface area contributed by atoms with E-state index in [0.717, 1.165) is 43.1 Å². The molecule has 0 radical (unpaired) electrons. The van der Waals surface area contributed by atoms with Crippen LogP contribution in [-0.4, -0.2) is 53.8 Å². The van der Waals surface area contributed by atoms with Crippen LogP contribution in [-0.2, 0) is 9.59 Å². The van der Waals surface area contributed by atoms with Crippen LogP contribution in [0.5, 0.6) is 0 Å². The molecule has 2 aliphatic heterocycles. The largest absolute Gasteiger partial charge is 0.352 e. The molecule has 5 heteroatoms. The zero-order valence-corrected chi connectivity index (χ0v) is 14.9. The maximum Gasteiger partial charge on any atom is 0.247 e. The van der Waals surface area contributed by atoms with Crippen LogP contribution in [0.25, 0.3) is 0 Å². The number of hydrogen-bond acceptors (Lipinski definition) is 3. The first kappa shape index (κ1) is 16.6. The van der Waals surface area contributed by atoms with Crippen LogP contribution >= 0.6 is 0 Å². The summed E-state index contributed by atoms with van der Waals surface area (Å²) in [6.45, 7) is 5.21. The van der Waals surface area contributed by atoms with E-state index in [9.17, 15) is 9.59 Å². The highest BCUT2D eigenvalue weighted by atomic mass is 16.2. The van der Waals surface area contributed by atoms with Crippen LogP contribution in [0.4, 0.5) is 0 Å². The number of nitrogens with zero attached hydrogens (tertiary/aromatic N) is 2. The normalized spacial score (nSPS) is 25.7. The number of piperidine rings is 1. The molecular weight excluding hydrogens is 314 g/mol. The molecule has 1 N–H and O–H groups in total. The molecule has 1 atom stereocenters. The molecule has 2 heterocycles. The fourth-order valence-corrected chi connectivity index (χ4v) is 4.29. The molecule has 1 aromatic carbocycles. The van der Waals surface area contributed by atoms with E-state index in [4.69, 9.17) is 0 Å². The highest BCUT2D eigenvalue weighted by molar-refractivity contribution is 5.90. The molecule has 25 heavy (non-hydrogen) atoms. The Hall–Kier alpha value is -1.88. The molecule has 1 aromatic rings. The van der Waals surface area contributed by atoms with Crippen molar-refractivity contribution in [3.8, 4) is 0 Å². The van der Waals surface area contributed by atoms with Gasteiger partial charge >= 0.3 is 0 Å². The van der Waals surface area contributed by atoms with Crippen LogP contribution in [0.15, 0.2) is 24.3 Å². The van der Waals surface area contributed by atoms with E-state index in [2.05, 4.69) is 10.2 Å². The van der Waals surface area contributed by atoms with Gasteiger partial charge < -0.3 is 15.1 Å². The summed E-state index contributed by atoms with van der Waals surface area (Å²) in [7, 11) is 0. The third kappa shape index (κ3) is 3.30. The third-order valence-electron chi connectivity index (χ3n) is 5.92. The van der Waals surface area contributed by atoms with Crippen molar-refractivity contribution in [3.05, 3.63) is 35.4 Å². The SMILES string of the molecule is Cc1ccccc1C1C(=O)NCCN1C(=O)C1CCN(C2CC2)CC1. The summed E-state index contributed by atoms with van der Waals surface area (Å²) in [6.07, 6.45) is 4.49. The molecule has 0 bridgehead atoms. The number of rotatable bonds is 3. The van der Waals surface area contributed by atoms with E-state index in [1.165, 1.54) is 12.8 Å². The number of benzene rings is 1. The Bertz CT molecular complexity index is 663. The topological polar surface area (TPSA) is 52.7 Å². The Morgan fingerprint density at radius 1 is 1.08 bits per heavy atom. The number of carbonyl (C=O) groups excluding carboxylic acids is 2. The molecule has 1 saturated carbocycles. The fourth-order valence-electron chi connectivity index (χ4n) is 4.29. The number of likely N-dealkylation sites (tertiary alicyclic amines) is 1. The predicted molar refractivity (Wildman–Crippen MR) is 96.0 cm³/mol. The van der Waals surface area contributed by atoms with Crippen LogP contribution in [0.2, 0.25) is 0 Å². The molecular formula is C20H27N3O2. The second kappa shape index (κ2) is 6.79. The zero-order chi connectivity index (χ0) is 17.4. The summed E-state index contributed by atoms with van der Waals surface area (Å²) in [5.41, 5.74) is 2.01. The second-order valence-electron chi connectivity index (χ2n) is 7.62. The first-order valence-electron chi connectivity index (χ1n) is 9.53. The van der Waals surface area contributed by atoms with E-state index >= 15 is 0 Å².